The van der Waals surface area contributed by atoms with Crippen molar-refractivity contribution in [1.29, 1.82) is 0 Å². The predicted molar refractivity (Wildman–Crippen MR) is 54.3 cm³/mol. The Bertz CT molecular complexity index is 142. The lowest BCUT2D eigenvalue weighted by Crippen LogP contribution is -2.10. The minimum absolute atomic E-state index is 0.543. The zero-order valence-corrected chi connectivity index (χ0v) is 9.15. The summed E-state index contributed by atoms with van der Waals surface area (Å²) in [4.78, 5) is 17.4. The normalized spacial score (nSPS) is 11.9. The minimum atomic E-state index is -3.17. The van der Waals surface area contributed by atoms with Crippen molar-refractivity contribution >= 4 is 40.1 Å². The highest BCUT2D eigenvalue weighted by Crippen LogP contribution is 2.28. The smallest absolute Gasteiger partial charge is 0.255 e. The molecule has 0 fully saturated rings. The first-order valence-electron chi connectivity index (χ1n) is 3.10. The highest BCUT2D eigenvalue weighted by Gasteiger charge is 2.03. The van der Waals surface area contributed by atoms with Gasteiger partial charge < -0.3 is 9.79 Å². The van der Waals surface area contributed by atoms with Crippen molar-refractivity contribution in [3.8, 4) is 0 Å². The molecule has 0 amide bonds. The fourth-order valence-corrected chi connectivity index (χ4v) is 1.87. The SMILES string of the molecule is OP(O)(=S)NCCCCSCl. The van der Waals surface area contributed by atoms with E-state index < -0.39 is 6.64 Å². The molecule has 0 spiro atoms. The Morgan fingerprint density at radius 2 is 2.09 bits per heavy atom. The quantitative estimate of drug-likeness (QED) is 0.481. The molecule has 0 bridgehead atoms. The molecule has 0 saturated heterocycles. The van der Waals surface area contributed by atoms with Crippen LogP contribution in [-0.2, 0) is 11.8 Å². The van der Waals surface area contributed by atoms with E-state index in [1.807, 2.05) is 0 Å². The molecule has 0 rings (SSSR count). The van der Waals surface area contributed by atoms with Gasteiger partial charge in [-0.3, -0.25) is 0 Å². The van der Waals surface area contributed by atoms with E-state index in [1.165, 1.54) is 11.0 Å². The molecule has 0 aliphatic carbocycles. The third kappa shape index (κ3) is 11.2. The number of unbranched alkanes of at least 4 members (excludes halogenated alkanes) is 1. The van der Waals surface area contributed by atoms with E-state index >= 15 is 0 Å². The van der Waals surface area contributed by atoms with Gasteiger partial charge in [0.25, 0.3) is 6.64 Å². The standard InChI is InChI=1S/C4H11ClNO2PS2/c5-11-4-2-1-3-6-9(7,8)10/h1-4H2,(H3,6,7,8,10). The summed E-state index contributed by atoms with van der Waals surface area (Å²) in [5.74, 6) is 0.878. The molecule has 7 heteroatoms. The molecular weight excluding hydrogens is 225 g/mol. The summed E-state index contributed by atoms with van der Waals surface area (Å²) in [6.45, 7) is -2.63. The van der Waals surface area contributed by atoms with Crippen LogP contribution in [0.4, 0.5) is 0 Å². The maximum absolute atomic E-state index is 8.71. The van der Waals surface area contributed by atoms with E-state index in [0.717, 1.165) is 18.6 Å². The highest BCUT2D eigenvalue weighted by molar-refractivity contribution is 8.21. The zero-order chi connectivity index (χ0) is 8.74. The van der Waals surface area contributed by atoms with Crippen molar-refractivity contribution in [2.75, 3.05) is 12.3 Å². The molecule has 3 nitrogen and oxygen atoms in total. The molecular formula is C4H11ClNO2PS2. The molecule has 0 aromatic carbocycles. The maximum Gasteiger partial charge on any atom is 0.255 e. The van der Waals surface area contributed by atoms with Crippen molar-refractivity contribution < 1.29 is 9.79 Å². The second-order valence-corrected chi connectivity index (χ2v) is 6.19. The largest absolute Gasteiger partial charge is 0.334 e. The first kappa shape index (κ1) is 12.2. The third-order valence-electron chi connectivity index (χ3n) is 0.966. The second kappa shape index (κ2) is 6.66. The summed E-state index contributed by atoms with van der Waals surface area (Å²) in [7, 11) is 6.62. The van der Waals surface area contributed by atoms with Crippen molar-refractivity contribution in [1.82, 2.24) is 5.09 Å². The summed E-state index contributed by atoms with van der Waals surface area (Å²) >= 11 is 4.34. The van der Waals surface area contributed by atoms with Gasteiger partial charge in [0, 0.05) is 12.3 Å². The van der Waals surface area contributed by atoms with Crippen LogP contribution in [0.15, 0.2) is 0 Å². The lowest BCUT2D eigenvalue weighted by molar-refractivity contribution is 0.459. The van der Waals surface area contributed by atoms with Crippen LogP contribution in [0.5, 0.6) is 0 Å². The van der Waals surface area contributed by atoms with Gasteiger partial charge in [0.05, 0.1) is 0 Å². The van der Waals surface area contributed by atoms with Crippen molar-refractivity contribution in [3.63, 3.8) is 0 Å². The van der Waals surface area contributed by atoms with Gasteiger partial charge in [-0.05, 0) is 35.3 Å². The van der Waals surface area contributed by atoms with Crippen molar-refractivity contribution in [2.24, 2.45) is 0 Å². The third-order valence-corrected chi connectivity index (χ3v) is 2.89. The van der Waals surface area contributed by atoms with Crippen LogP contribution in [-0.4, -0.2) is 22.1 Å². The topological polar surface area (TPSA) is 52.5 Å². The average molecular weight is 236 g/mol. The minimum Gasteiger partial charge on any atom is -0.334 e. The summed E-state index contributed by atoms with van der Waals surface area (Å²) in [5.41, 5.74) is 0. The van der Waals surface area contributed by atoms with Gasteiger partial charge >= 0.3 is 0 Å². The molecule has 3 N–H and O–H groups in total. The van der Waals surface area contributed by atoms with E-state index in [1.54, 1.807) is 0 Å². The van der Waals surface area contributed by atoms with Gasteiger partial charge in [-0.1, -0.05) is 11.0 Å². The van der Waals surface area contributed by atoms with Crippen LogP contribution in [0.2, 0.25) is 0 Å². The first-order valence-corrected chi connectivity index (χ1v) is 7.62. The summed E-state index contributed by atoms with van der Waals surface area (Å²) in [5, 5.41) is 2.47. The zero-order valence-electron chi connectivity index (χ0n) is 5.86. The predicted octanol–water partition coefficient (Wildman–Crippen LogP) is 1.45. The monoisotopic (exact) mass is 235 g/mol. The van der Waals surface area contributed by atoms with Gasteiger partial charge in [-0.2, -0.15) is 0 Å². The first-order chi connectivity index (χ1) is 5.06. The number of hydrogen-bond donors (Lipinski definition) is 3. The number of halogens is 1. The van der Waals surface area contributed by atoms with Crippen molar-refractivity contribution in [2.45, 2.75) is 12.8 Å². The Kier molecular flexibility index (Phi) is 7.37. The number of nitrogens with one attached hydrogen (secondary N) is 1. The molecule has 0 aromatic rings. The molecule has 0 aliphatic rings. The van der Waals surface area contributed by atoms with Gasteiger partial charge in [-0.15, -0.1) is 0 Å². The van der Waals surface area contributed by atoms with Crippen LogP contribution in [0, 0.1) is 0 Å². The Morgan fingerprint density at radius 3 is 2.55 bits per heavy atom. The molecule has 0 atom stereocenters. The van der Waals surface area contributed by atoms with Crippen LogP contribution < -0.4 is 5.09 Å². The summed E-state index contributed by atoms with van der Waals surface area (Å²) in [6, 6.07) is 0. The fourth-order valence-electron chi connectivity index (χ4n) is 0.506. The van der Waals surface area contributed by atoms with Crippen LogP contribution in [0.3, 0.4) is 0 Å². The van der Waals surface area contributed by atoms with Gasteiger partial charge in [0.2, 0.25) is 0 Å². The average Bonchev–Trinajstić information content (AvgIpc) is 1.85. The van der Waals surface area contributed by atoms with E-state index in [2.05, 4.69) is 16.9 Å². The highest BCUT2D eigenvalue weighted by atomic mass is 35.7. The van der Waals surface area contributed by atoms with Gasteiger partial charge in [0.15, 0.2) is 0 Å². The lowest BCUT2D eigenvalue weighted by Gasteiger charge is -2.07. The fraction of sp³-hybridized carbons (Fsp3) is 1.00. The number of hydrogen-bond acceptors (Lipinski definition) is 2. The Morgan fingerprint density at radius 1 is 1.45 bits per heavy atom. The van der Waals surface area contributed by atoms with E-state index in [-0.39, 0.29) is 0 Å². The molecule has 0 radical (unpaired) electrons. The van der Waals surface area contributed by atoms with Gasteiger partial charge in [-0.25, -0.2) is 5.09 Å². The van der Waals surface area contributed by atoms with E-state index in [0.29, 0.717) is 6.54 Å². The van der Waals surface area contributed by atoms with Crippen LogP contribution in [0.1, 0.15) is 12.8 Å². The molecule has 0 aliphatic heterocycles. The van der Waals surface area contributed by atoms with E-state index in [9.17, 15) is 0 Å². The Balaban J connectivity index is 3.09. The summed E-state index contributed by atoms with van der Waals surface area (Å²) in [6.07, 6.45) is 1.82. The second-order valence-electron chi connectivity index (χ2n) is 1.97. The molecule has 0 heterocycles. The van der Waals surface area contributed by atoms with E-state index in [4.69, 9.17) is 20.5 Å². The summed E-state index contributed by atoms with van der Waals surface area (Å²) < 4.78 is 0. The Hall–Kier alpha value is 1.17. The van der Waals surface area contributed by atoms with Crippen molar-refractivity contribution in [3.05, 3.63) is 0 Å². The molecule has 11 heavy (non-hydrogen) atoms. The van der Waals surface area contributed by atoms with Crippen LogP contribution in [0.25, 0.3) is 0 Å². The molecule has 68 valence electrons. The molecule has 0 unspecified atom stereocenters. The Labute approximate surface area is 80.3 Å². The number of rotatable bonds is 6. The lowest BCUT2D eigenvalue weighted by atomic mass is 10.3. The molecule has 0 aromatic heterocycles. The van der Waals surface area contributed by atoms with Crippen LogP contribution >= 0.6 is 28.3 Å². The van der Waals surface area contributed by atoms with Gasteiger partial charge in [0.1, 0.15) is 0 Å². The molecule has 0 saturated carbocycles. The maximum atomic E-state index is 8.71.